The molecule has 2 fully saturated rings. The van der Waals surface area contributed by atoms with Crippen LogP contribution in [0.1, 0.15) is 48.5 Å². The zero-order valence-corrected chi connectivity index (χ0v) is 15.7. The minimum Gasteiger partial charge on any atom is -0.384 e. The lowest BCUT2D eigenvalue weighted by atomic mass is 9.93. The van der Waals surface area contributed by atoms with Crippen LogP contribution < -0.4 is 0 Å². The molecule has 1 aliphatic carbocycles. The van der Waals surface area contributed by atoms with Gasteiger partial charge in [0.2, 0.25) is 0 Å². The Morgan fingerprint density at radius 3 is 2.59 bits per heavy atom. The molecule has 2 aliphatic rings. The molecule has 0 spiro atoms. The van der Waals surface area contributed by atoms with Gasteiger partial charge in [0.15, 0.2) is 0 Å². The van der Waals surface area contributed by atoms with Crippen LogP contribution in [0.15, 0.2) is 66.7 Å². The van der Waals surface area contributed by atoms with Crippen molar-refractivity contribution >= 4 is 10.8 Å². The molecule has 1 saturated heterocycles. The van der Waals surface area contributed by atoms with Gasteiger partial charge in [0, 0.05) is 12.6 Å². The summed E-state index contributed by atoms with van der Waals surface area (Å²) in [6.07, 6.45) is 4.89. The van der Waals surface area contributed by atoms with Crippen LogP contribution in [0, 0.1) is 5.92 Å². The first-order valence-corrected chi connectivity index (χ1v) is 10.3. The van der Waals surface area contributed by atoms with E-state index in [2.05, 4.69) is 65.6 Å². The summed E-state index contributed by atoms with van der Waals surface area (Å²) in [5, 5.41) is 13.6. The highest BCUT2D eigenvalue weighted by Gasteiger charge is 2.37. The third kappa shape index (κ3) is 3.07. The van der Waals surface area contributed by atoms with Crippen molar-refractivity contribution in [2.75, 3.05) is 6.54 Å². The van der Waals surface area contributed by atoms with Crippen molar-refractivity contribution in [3.05, 3.63) is 83.4 Å². The van der Waals surface area contributed by atoms with Gasteiger partial charge in [-0.2, -0.15) is 0 Å². The molecule has 0 unspecified atom stereocenters. The number of benzene rings is 3. The lowest BCUT2D eigenvalue weighted by molar-refractivity contribution is 0.209. The summed E-state index contributed by atoms with van der Waals surface area (Å²) < 4.78 is 0. The summed E-state index contributed by atoms with van der Waals surface area (Å²) in [6.45, 7) is 2.16. The smallest absolute Gasteiger partial charge is 0.105 e. The molecule has 0 radical (unpaired) electrons. The maximum absolute atomic E-state index is 11.3. The van der Waals surface area contributed by atoms with Crippen LogP contribution in [0.25, 0.3) is 10.8 Å². The topological polar surface area (TPSA) is 23.5 Å². The second-order valence-electron chi connectivity index (χ2n) is 8.19. The highest BCUT2D eigenvalue weighted by molar-refractivity contribution is 5.86. The standard InChI is InChI=1S/C25H27NO/c27-25(23-13-5-9-18-7-1-3-11-21(18)23)22-12-4-2-8-20(22)17-26-16-15-19-10-6-14-24(19)26/h1-5,7-9,11-13,19,24-25,27H,6,10,14-17H2/t19-,24-,25-/m1/s1. The molecule has 2 nitrogen and oxygen atoms in total. The SMILES string of the molecule is O[C@H](c1ccccc1CN1CC[C@H]2CCC[C@H]21)c1cccc2ccccc12. The van der Waals surface area contributed by atoms with Gasteiger partial charge in [-0.1, -0.05) is 73.2 Å². The number of hydrogen-bond acceptors (Lipinski definition) is 2. The van der Waals surface area contributed by atoms with E-state index >= 15 is 0 Å². The van der Waals surface area contributed by atoms with Gasteiger partial charge in [0.05, 0.1) is 0 Å². The van der Waals surface area contributed by atoms with E-state index in [-0.39, 0.29) is 0 Å². The molecule has 0 amide bonds. The Morgan fingerprint density at radius 2 is 1.63 bits per heavy atom. The summed E-state index contributed by atoms with van der Waals surface area (Å²) in [6, 6.07) is 23.8. The maximum atomic E-state index is 11.3. The van der Waals surface area contributed by atoms with Crippen LogP contribution in [0.5, 0.6) is 0 Å². The molecule has 0 aromatic heterocycles. The first-order chi connectivity index (χ1) is 13.3. The molecule has 0 bridgehead atoms. The molecule has 2 heteroatoms. The van der Waals surface area contributed by atoms with Crippen molar-refractivity contribution in [2.45, 2.75) is 44.4 Å². The number of aliphatic hydroxyl groups excluding tert-OH is 1. The quantitative estimate of drug-likeness (QED) is 0.685. The Balaban J connectivity index is 1.48. The Kier molecular flexibility index (Phi) is 4.47. The van der Waals surface area contributed by atoms with Crippen LogP contribution in [-0.2, 0) is 6.54 Å². The van der Waals surface area contributed by atoms with E-state index in [1.165, 1.54) is 43.2 Å². The molecule has 1 N–H and O–H groups in total. The van der Waals surface area contributed by atoms with Crippen molar-refractivity contribution in [3.63, 3.8) is 0 Å². The third-order valence-electron chi connectivity index (χ3n) is 6.72. The van der Waals surface area contributed by atoms with Gasteiger partial charge in [0.1, 0.15) is 6.10 Å². The lowest BCUT2D eigenvalue weighted by Crippen LogP contribution is -2.30. The Bertz CT molecular complexity index is 944. The van der Waals surface area contributed by atoms with E-state index in [9.17, 15) is 5.11 Å². The number of hydrogen-bond donors (Lipinski definition) is 1. The molecule has 3 aromatic rings. The van der Waals surface area contributed by atoms with Crippen LogP contribution >= 0.6 is 0 Å². The molecule has 3 atom stereocenters. The molecule has 1 heterocycles. The van der Waals surface area contributed by atoms with Crippen molar-refractivity contribution < 1.29 is 5.11 Å². The number of likely N-dealkylation sites (tertiary alicyclic amines) is 1. The van der Waals surface area contributed by atoms with Gasteiger partial charge in [0.25, 0.3) is 0 Å². The predicted octanol–water partition coefficient (Wildman–Crippen LogP) is 5.30. The zero-order valence-electron chi connectivity index (χ0n) is 15.7. The monoisotopic (exact) mass is 357 g/mol. The second-order valence-corrected chi connectivity index (χ2v) is 8.19. The highest BCUT2D eigenvalue weighted by Crippen LogP contribution is 2.39. The van der Waals surface area contributed by atoms with E-state index in [1.54, 1.807) is 0 Å². The normalized spacial score (nSPS) is 23.6. The van der Waals surface area contributed by atoms with E-state index in [0.717, 1.165) is 35.0 Å². The van der Waals surface area contributed by atoms with Crippen LogP contribution in [0.2, 0.25) is 0 Å². The fourth-order valence-corrected chi connectivity index (χ4v) is 5.35. The first-order valence-electron chi connectivity index (χ1n) is 10.3. The van der Waals surface area contributed by atoms with Gasteiger partial charge in [-0.05, 0) is 59.2 Å². The molecule has 138 valence electrons. The van der Waals surface area contributed by atoms with Gasteiger partial charge in [-0.15, -0.1) is 0 Å². The molecule has 1 saturated carbocycles. The number of rotatable bonds is 4. The highest BCUT2D eigenvalue weighted by atomic mass is 16.3. The maximum Gasteiger partial charge on any atom is 0.105 e. The molecular weight excluding hydrogens is 330 g/mol. The van der Waals surface area contributed by atoms with Crippen LogP contribution in [0.4, 0.5) is 0 Å². The Morgan fingerprint density at radius 1 is 0.852 bits per heavy atom. The third-order valence-corrected chi connectivity index (χ3v) is 6.72. The minimum atomic E-state index is -0.589. The summed E-state index contributed by atoms with van der Waals surface area (Å²) in [4.78, 5) is 2.66. The van der Waals surface area contributed by atoms with E-state index in [0.29, 0.717) is 0 Å². The fraction of sp³-hybridized carbons (Fsp3) is 0.360. The average Bonchev–Trinajstić information content (AvgIpc) is 3.33. The number of aliphatic hydroxyl groups is 1. The molecular formula is C25H27NO. The van der Waals surface area contributed by atoms with Crippen molar-refractivity contribution in [1.82, 2.24) is 4.90 Å². The predicted molar refractivity (Wildman–Crippen MR) is 111 cm³/mol. The molecule has 3 aromatic carbocycles. The summed E-state index contributed by atoms with van der Waals surface area (Å²) in [5.41, 5.74) is 3.32. The Hall–Kier alpha value is -2.16. The van der Waals surface area contributed by atoms with Gasteiger partial charge in [-0.3, -0.25) is 4.90 Å². The fourth-order valence-electron chi connectivity index (χ4n) is 5.35. The van der Waals surface area contributed by atoms with E-state index in [1.807, 2.05) is 6.07 Å². The molecule has 5 rings (SSSR count). The van der Waals surface area contributed by atoms with Crippen LogP contribution in [-0.4, -0.2) is 22.6 Å². The van der Waals surface area contributed by atoms with Gasteiger partial charge < -0.3 is 5.11 Å². The minimum absolute atomic E-state index is 0.589. The summed E-state index contributed by atoms with van der Waals surface area (Å²) >= 11 is 0. The number of fused-ring (bicyclic) bond motifs is 2. The zero-order chi connectivity index (χ0) is 18.2. The number of nitrogens with zero attached hydrogens (tertiary/aromatic N) is 1. The second kappa shape index (κ2) is 7.10. The van der Waals surface area contributed by atoms with Crippen LogP contribution in [0.3, 0.4) is 0 Å². The van der Waals surface area contributed by atoms with Crippen molar-refractivity contribution in [1.29, 1.82) is 0 Å². The van der Waals surface area contributed by atoms with Crippen molar-refractivity contribution in [2.24, 2.45) is 5.92 Å². The summed E-state index contributed by atoms with van der Waals surface area (Å²) in [5.74, 6) is 0.903. The van der Waals surface area contributed by atoms with Gasteiger partial charge >= 0.3 is 0 Å². The van der Waals surface area contributed by atoms with E-state index < -0.39 is 6.10 Å². The average molecular weight is 357 g/mol. The molecule has 27 heavy (non-hydrogen) atoms. The van der Waals surface area contributed by atoms with E-state index in [4.69, 9.17) is 0 Å². The first kappa shape index (κ1) is 17.0. The largest absolute Gasteiger partial charge is 0.384 e. The molecule has 1 aliphatic heterocycles. The summed E-state index contributed by atoms with van der Waals surface area (Å²) in [7, 11) is 0. The van der Waals surface area contributed by atoms with Gasteiger partial charge in [-0.25, -0.2) is 0 Å². The lowest BCUT2D eigenvalue weighted by Gasteiger charge is -2.26. The Labute approximate surface area is 161 Å². The van der Waals surface area contributed by atoms with Crippen molar-refractivity contribution in [3.8, 4) is 0 Å².